The van der Waals surface area contributed by atoms with Gasteiger partial charge in [-0.1, -0.05) is 20.8 Å². The monoisotopic (exact) mass is 1560 g/mol. The normalized spacial score (nSPS) is 20.7. The third-order valence-corrected chi connectivity index (χ3v) is 28.2. The fourth-order valence-corrected chi connectivity index (χ4v) is 21.6. The molecule has 13 rings (SSSR count). The molecule has 2 atom stereocenters. The lowest BCUT2D eigenvalue weighted by Gasteiger charge is -2.54. The predicted molar refractivity (Wildman–Crippen MR) is 421 cm³/mol. The molecule has 31 heteroatoms. The summed E-state index contributed by atoms with van der Waals surface area (Å²) in [4.78, 5) is 121. The fraction of sp³-hybridized carbons (Fsp3) is 0.605. The second kappa shape index (κ2) is 32.2. The molecule has 107 heavy (non-hydrogen) atoms. The molecule has 6 amide bonds. The molecule has 13 heterocycles. The number of sulfone groups is 2. The summed E-state index contributed by atoms with van der Waals surface area (Å²) in [6.45, 7) is 31.3. The Kier molecular flexibility index (Phi) is 24.2. The van der Waals surface area contributed by atoms with Crippen molar-refractivity contribution in [2.75, 3.05) is 98.4 Å². The van der Waals surface area contributed by atoms with Gasteiger partial charge in [0, 0.05) is 130 Å². The zero-order valence-electron chi connectivity index (χ0n) is 64.4. The summed E-state index contributed by atoms with van der Waals surface area (Å²) in [5.41, 5.74) is 5.16. The first-order valence-electron chi connectivity index (χ1n) is 37.4. The predicted octanol–water partition coefficient (Wildman–Crippen LogP) is 11.0. The van der Waals surface area contributed by atoms with Gasteiger partial charge in [-0.3, -0.25) is 28.8 Å². The summed E-state index contributed by atoms with van der Waals surface area (Å²) in [7, 11) is -4.43. The Morgan fingerprint density at radius 1 is 0.561 bits per heavy atom. The average Bonchev–Trinajstić information content (AvgIpc) is 1.15. The first-order chi connectivity index (χ1) is 50.3. The molecule has 2 bridgehead atoms. The number of aryl methyl sites for hydroxylation is 3. The van der Waals surface area contributed by atoms with Crippen molar-refractivity contribution in [3.63, 3.8) is 0 Å². The van der Waals surface area contributed by atoms with E-state index in [2.05, 4.69) is 87.4 Å². The number of carbonyl (C=O) groups is 6. The van der Waals surface area contributed by atoms with Gasteiger partial charge >= 0.3 is 0 Å². The molecular weight excluding hydrogens is 1460 g/mol. The first kappa shape index (κ1) is 80.4. The van der Waals surface area contributed by atoms with E-state index in [1.165, 1.54) is 43.8 Å². The highest BCUT2D eigenvalue weighted by atomic mass is 32.2. The third-order valence-electron chi connectivity index (χ3n) is 21.2. The minimum atomic E-state index is -3.12. The molecule has 0 aromatic carbocycles. The number of nitrogens with one attached hydrogen (secondary N) is 3. The van der Waals surface area contributed by atoms with Crippen LogP contribution in [0.2, 0.25) is 0 Å². The first-order valence-corrected chi connectivity index (χ1v) is 43.5. The quantitative estimate of drug-likeness (QED) is 0.0659. The second-order valence-electron chi connectivity index (χ2n) is 32.6. The van der Waals surface area contributed by atoms with Gasteiger partial charge in [-0.2, -0.15) is 0 Å². The highest BCUT2D eigenvalue weighted by molar-refractivity contribution is 7.92. The van der Waals surface area contributed by atoms with Crippen molar-refractivity contribution in [2.45, 2.75) is 203 Å². The maximum absolute atomic E-state index is 13.8. The van der Waals surface area contributed by atoms with Crippen LogP contribution in [0.15, 0.2) is 36.8 Å². The van der Waals surface area contributed by atoms with Crippen molar-refractivity contribution in [3.8, 4) is 31.3 Å². The molecular formula is C76H105N15O11S5. The van der Waals surface area contributed by atoms with Crippen LogP contribution >= 0.6 is 34.0 Å². The molecule has 0 radical (unpaired) electrons. The number of likely N-dealkylation sites (N-methyl/N-ethyl adjacent to an activating group) is 1. The van der Waals surface area contributed by atoms with E-state index in [1.807, 2.05) is 74.4 Å². The van der Waals surface area contributed by atoms with Crippen LogP contribution in [0.1, 0.15) is 218 Å². The highest BCUT2D eigenvalue weighted by Gasteiger charge is 2.57. The van der Waals surface area contributed by atoms with E-state index in [0.717, 1.165) is 122 Å². The number of aliphatic hydroxyl groups excluding tert-OH is 1. The van der Waals surface area contributed by atoms with Crippen LogP contribution < -0.4 is 16.0 Å². The van der Waals surface area contributed by atoms with E-state index in [0.29, 0.717) is 52.2 Å². The maximum Gasteiger partial charge on any atom is 0.283 e. The number of hydrogen-bond donors (Lipinski definition) is 4. The van der Waals surface area contributed by atoms with Crippen molar-refractivity contribution in [2.24, 2.45) is 10.8 Å². The number of pyridine rings is 3. The number of fused-ring (bicyclic) bond motifs is 2. The van der Waals surface area contributed by atoms with E-state index < -0.39 is 25.2 Å². The maximum atomic E-state index is 13.8. The Hall–Kier alpha value is -7.58. The molecule has 0 unspecified atom stereocenters. The van der Waals surface area contributed by atoms with Crippen molar-refractivity contribution >= 4 is 107 Å². The number of anilines is 3. The number of aliphatic hydroxyl groups is 1. The number of amides is 6. The summed E-state index contributed by atoms with van der Waals surface area (Å²) in [5, 5.41) is 20.4. The van der Waals surface area contributed by atoms with Crippen LogP contribution in [0, 0.1) is 31.6 Å². The summed E-state index contributed by atoms with van der Waals surface area (Å²) in [5.74, 6) is 1.15. The highest BCUT2D eigenvalue weighted by Crippen LogP contribution is 2.45. The van der Waals surface area contributed by atoms with Crippen LogP contribution in [0.4, 0.5) is 17.5 Å². The lowest BCUT2D eigenvalue weighted by atomic mass is 9.83. The number of nitrogens with zero attached hydrogens (tertiary/aromatic N) is 12. The summed E-state index contributed by atoms with van der Waals surface area (Å²) in [6.07, 6.45) is 15.4. The van der Waals surface area contributed by atoms with E-state index >= 15 is 0 Å². The topological polar surface area (TPSA) is 324 Å². The summed E-state index contributed by atoms with van der Waals surface area (Å²) < 4.78 is 47.0. The molecule has 4 N–H and O–H groups in total. The van der Waals surface area contributed by atoms with E-state index in [-0.39, 0.29) is 146 Å². The molecule has 7 aliphatic heterocycles. The molecule has 0 aliphatic carbocycles. The second-order valence-corrected chi connectivity index (χ2v) is 40.0. The van der Waals surface area contributed by atoms with Crippen molar-refractivity contribution in [1.29, 1.82) is 0 Å². The molecule has 7 saturated heterocycles. The minimum absolute atomic E-state index is 0.0554. The third kappa shape index (κ3) is 18.2. The summed E-state index contributed by atoms with van der Waals surface area (Å²) in [6, 6.07) is 7.10. The largest absolute Gasteiger partial charge is 0.394 e. The number of aromatic nitrogens is 6. The van der Waals surface area contributed by atoms with Gasteiger partial charge in [-0.25, -0.2) is 46.7 Å². The van der Waals surface area contributed by atoms with Gasteiger partial charge < -0.3 is 50.5 Å². The molecule has 0 saturated carbocycles. The number of piperidine rings is 2. The van der Waals surface area contributed by atoms with Gasteiger partial charge in [0.25, 0.3) is 35.4 Å². The van der Waals surface area contributed by atoms with Crippen LogP contribution in [-0.2, 0) is 19.7 Å². The Morgan fingerprint density at radius 3 is 1.36 bits per heavy atom. The number of rotatable bonds is 17. The van der Waals surface area contributed by atoms with E-state index in [1.54, 1.807) is 44.4 Å². The van der Waals surface area contributed by atoms with Crippen molar-refractivity contribution < 1.29 is 50.7 Å². The SMILES string of the molecule is Cc1cc(NC(C)C)ncc1-c1sc(C(=O)N(C)C(C)(C)CO)nc1C(=O)N1C2CCC1CC2.Cc1cc(NC(C)C)ncc1-c1sc(C(=O)N2CC3(C2)CS(=O)(=O)C3)nc1C(=O)N1CCCC[C@@H]1C.Cc1cc(NCC(C)(C)C)ncc1-c1sc(C(=O)N2CCS(=O)(=O)CC2)nc1C(=O)N1CCCC[C@@H]1C. The standard InChI is InChI=1S/C26H37N5O4S2.C25H33N5O4S2.C25H35N5O3S/c1-17-14-20(28-16-26(3,4)5)27-15-19(17)22-21(24(32)31-9-7-6-8-18(31)2)29-23(36-22)25(33)30-10-12-37(34,35)13-11-30;1-15(2)27-19-9-16(3)18(10-26-19)21-20(23(31)30-8-6-5-7-17(30)4)28-22(35-21)24(32)29-11-25(12-29)13-36(33,34)14-25;1-14(2)27-19-11-15(3)18(12-26-19)21-20(23(32)30-16-7-8-17(30)10-9-16)28-22(34-21)24(33)29(6)25(4,5)13-31/h14-15,18H,6-13,16H2,1-5H3,(H,27,28);9-10,15,17H,5-8,11-14H2,1-4H3,(H,26,27);11-12,14,16-17,31H,7-10,13H2,1-6H3,(H,26,27)/t18-;17-;/m00./s1. The number of carbonyl (C=O) groups excluding carboxylic acids is 6. The Bertz CT molecular complexity index is 4550. The smallest absolute Gasteiger partial charge is 0.283 e. The lowest BCUT2D eigenvalue weighted by molar-refractivity contribution is 0.0201. The Balaban J connectivity index is 0.000000160. The van der Waals surface area contributed by atoms with Crippen LogP contribution in [0.25, 0.3) is 31.3 Å². The Morgan fingerprint density at radius 2 is 0.963 bits per heavy atom. The van der Waals surface area contributed by atoms with Crippen molar-refractivity contribution in [1.82, 2.24) is 59.3 Å². The number of likely N-dealkylation sites (tertiary alicyclic amines) is 3. The molecule has 1 spiro atoms. The van der Waals surface area contributed by atoms with Gasteiger partial charge in [0.2, 0.25) is 0 Å². The van der Waals surface area contributed by atoms with Gasteiger partial charge in [0.1, 0.15) is 34.5 Å². The molecule has 26 nitrogen and oxygen atoms in total. The summed E-state index contributed by atoms with van der Waals surface area (Å²) >= 11 is 3.64. The molecule has 7 fully saturated rings. The molecule has 6 aromatic heterocycles. The Labute approximate surface area is 641 Å². The molecule has 580 valence electrons. The van der Waals surface area contributed by atoms with Crippen LogP contribution in [-0.4, -0.2) is 241 Å². The molecule has 6 aromatic rings. The number of hydrogen-bond acceptors (Lipinski definition) is 23. The van der Waals surface area contributed by atoms with Crippen LogP contribution in [0.3, 0.4) is 0 Å². The van der Waals surface area contributed by atoms with E-state index in [9.17, 15) is 50.7 Å². The van der Waals surface area contributed by atoms with Gasteiger partial charge in [0.05, 0.1) is 49.8 Å². The van der Waals surface area contributed by atoms with E-state index in [4.69, 9.17) is 0 Å². The zero-order valence-corrected chi connectivity index (χ0v) is 68.5. The minimum Gasteiger partial charge on any atom is -0.394 e. The molecule has 7 aliphatic rings. The zero-order chi connectivity index (χ0) is 77.6. The van der Waals surface area contributed by atoms with Crippen molar-refractivity contribution in [3.05, 3.63) is 85.6 Å². The lowest BCUT2D eigenvalue weighted by Crippen LogP contribution is -2.69. The fourth-order valence-electron chi connectivity index (χ4n) is 14.9. The van der Waals surface area contributed by atoms with Crippen LogP contribution in [0.5, 0.6) is 0 Å². The van der Waals surface area contributed by atoms with Gasteiger partial charge in [0.15, 0.2) is 34.7 Å². The average molecular weight is 1570 g/mol. The number of thiazole rings is 3. The van der Waals surface area contributed by atoms with Gasteiger partial charge in [-0.05, 0) is 181 Å². The van der Waals surface area contributed by atoms with Gasteiger partial charge in [-0.15, -0.1) is 34.0 Å².